The largest absolute Gasteiger partial charge is 0.455 e. The molecule has 2 aromatic carbocycles. The average molecular weight is 415 g/mol. The lowest BCUT2D eigenvalue weighted by Crippen LogP contribution is -2.29. The van der Waals surface area contributed by atoms with Crippen LogP contribution in [-0.4, -0.2) is 21.0 Å². The van der Waals surface area contributed by atoms with E-state index in [-0.39, 0.29) is 11.6 Å². The molecule has 1 N–H and O–H groups in total. The van der Waals surface area contributed by atoms with E-state index in [4.69, 9.17) is 9.72 Å². The zero-order valence-corrected chi connectivity index (χ0v) is 18.2. The Morgan fingerprint density at radius 2 is 1.65 bits per heavy atom. The first kappa shape index (κ1) is 20.6. The number of pyridine rings is 1. The molecule has 0 amide bonds. The van der Waals surface area contributed by atoms with Crippen molar-refractivity contribution in [1.82, 2.24) is 15.0 Å². The Balaban J connectivity index is 1.77. The maximum Gasteiger partial charge on any atom is 0.264 e. The van der Waals surface area contributed by atoms with Crippen molar-refractivity contribution in [3.05, 3.63) is 82.9 Å². The van der Waals surface area contributed by atoms with Crippen LogP contribution in [0.3, 0.4) is 0 Å². The number of hydrogen-bond acceptors (Lipinski definition) is 5. The van der Waals surface area contributed by atoms with E-state index in [2.05, 4.69) is 61.9 Å². The SMILES string of the molecule is CC(C)c1ccc(N(c2nc3cncc(Oc4ccccc4)c3c(=O)[nH]2)C(C)C)cc1. The predicted molar refractivity (Wildman–Crippen MR) is 124 cm³/mol. The molecule has 2 heterocycles. The molecule has 0 atom stereocenters. The monoisotopic (exact) mass is 414 g/mol. The van der Waals surface area contributed by atoms with Crippen molar-refractivity contribution in [2.45, 2.75) is 39.7 Å². The Hall–Kier alpha value is -3.67. The molecule has 0 saturated carbocycles. The van der Waals surface area contributed by atoms with E-state index in [1.54, 1.807) is 6.20 Å². The minimum atomic E-state index is -0.266. The second kappa shape index (κ2) is 8.60. The van der Waals surface area contributed by atoms with Gasteiger partial charge in [0.05, 0.1) is 12.4 Å². The van der Waals surface area contributed by atoms with Gasteiger partial charge in [-0.2, -0.15) is 0 Å². The topological polar surface area (TPSA) is 71.1 Å². The van der Waals surface area contributed by atoms with Crippen molar-refractivity contribution in [1.29, 1.82) is 0 Å². The first-order valence-electron chi connectivity index (χ1n) is 10.4. The van der Waals surface area contributed by atoms with E-state index in [9.17, 15) is 4.79 Å². The molecule has 6 heteroatoms. The van der Waals surface area contributed by atoms with Crippen LogP contribution in [0.5, 0.6) is 11.5 Å². The number of aromatic nitrogens is 3. The Morgan fingerprint density at radius 1 is 0.935 bits per heavy atom. The van der Waals surface area contributed by atoms with Crippen LogP contribution in [0.15, 0.2) is 71.8 Å². The predicted octanol–water partition coefficient (Wildman–Crippen LogP) is 5.78. The molecule has 0 fully saturated rings. The van der Waals surface area contributed by atoms with Crippen LogP contribution >= 0.6 is 0 Å². The Morgan fingerprint density at radius 3 is 2.29 bits per heavy atom. The van der Waals surface area contributed by atoms with Crippen molar-refractivity contribution in [3.8, 4) is 11.5 Å². The normalized spacial score (nSPS) is 11.3. The molecular weight excluding hydrogens is 388 g/mol. The number of H-pyrrole nitrogens is 1. The van der Waals surface area contributed by atoms with E-state index in [1.165, 1.54) is 11.8 Å². The Bertz CT molecular complexity index is 1230. The van der Waals surface area contributed by atoms with Crippen molar-refractivity contribution in [2.24, 2.45) is 0 Å². The summed E-state index contributed by atoms with van der Waals surface area (Å²) in [4.78, 5) is 27.0. The molecule has 2 aromatic heterocycles. The van der Waals surface area contributed by atoms with Crippen molar-refractivity contribution in [3.63, 3.8) is 0 Å². The smallest absolute Gasteiger partial charge is 0.264 e. The van der Waals surface area contributed by atoms with E-state index in [1.807, 2.05) is 35.2 Å². The number of hydrogen-bond donors (Lipinski definition) is 1. The third kappa shape index (κ3) is 4.28. The van der Waals surface area contributed by atoms with Gasteiger partial charge >= 0.3 is 0 Å². The van der Waals surface area contributed by atoms with Gasteiger partial charge in [0.2, 0.25) is 5.95 Å². The lowest BCUT2D eigenvalue weighted by atomic mass is 10.0. The molecule has 158 valence electrons. The number of ether oxygens (including phenoxy) is 1. The van der Waals surface area contributed by atoms with Crippen molar-refractivity contribution in [2.75, 3.05) is 4.90 Å². The molecule has 4 aromatic rings. The van der Waals surface area contributed by atoms with Gasteiger partial charge in [0.25, 0.3) is 5.56 Å². The molecular formula is C25H26N4O2. The van der Waals surface area contributed by atoms with Crippen LogP contribution < -0.4 is 15.2 Å². The molecule has 0 bridgehead atoms. The van der Waals surface area contributed by atoms with Gasteiger partial charge in [0.1, 0.15) is 16.7 Å². The standard InChI is InChI=1S/C25H26N4O2/c1-16(2)18-10-12-19(13-11-18)29(17(3)4)25-27-21-14-26-15-22(23(21)24(30)28-25)31-20-8-6-5-7-9-20/h5-17H,1-4H3,(H,27,28,30). The number of benzene rings is 2. The fourth-order valence-corrected chi connectivity index (χ4v) is 3.54. The van der Waals surface area contributed by atoms with Gasteiger partial charge in [-0.05, 0) is 49.6 Å². The van der Waals surface area contributed by atoms with Crippen LogP contribution in [0, 0.1) is 0 Å². The quantitative estimate of drug-likeness (QED) is 0.433. The third-order valence-electron chi connectivity index (χ3n) is 5.12. The summed E-state index contributed by atoms with van der Waals surface area (Å²) in [5.74, 6) is 1.94. The van der Waals surface area contributed by atoms with E-state index in [0.717, 1.165) is 5.69 Å². The highest BCUT2D eigenvalue weighted by molar-refractivity contribution is 5.84. The molecule has 0 radical (unpaired) electrons. The molecule has 0 unspecified atom stereocenters. The molecule has 6 nitrogen and oxygen atoms in total. The fraction of sp³-hybridized carbons (Fsp3) is 0.240. The number of fused-ring (bicyclic) bond motifs is 1. The van der Waals surface area contributed by atoms with Gasteiger partial charge in [-0.15, -0.1) is 0 Å². The van der Waals surface area contributed by atoms with Crippen LogP contribution in [0.1, 0.15) is 39.2 Å². The molecule has 0 spiro atoms. The highest BCUT2D eigenvalue weighted by atomic mass is 16.5. The number of nitrogens with one attached hydrogen (secondary N) is 1. The lowest BCUT2D eigenvalue weighted by Gasteiger charge is -2.28. The number of anilines is 2. The van der Waals surface area contributed by atoms with Crippen molar-refractivity contribution >= 4 is 22.5 Å². The van der Waals surface area contributed by atoms with Crippen LogP contribution in [0.25, 0.3) is 10.9 Å². The second-order valence-electron chi connectivity index (χ2n) is 8.05. The van der Waals surface area contributed by atoms with Crippen molar-refractivity contribution < 1.29 is 4.74 Å². The maximum atomic E-state index is 13.1. The van der Waals surface area contributed by atoms with E-state index in [0.29, 0.717) is 34.3 Å². The first-order valence-corrected chi connectivity index (χ1v) is 10.4. The third-order valence-corrected chi connectivity index (χ3v) is 5.12. The molecule has 0 aliphatic rings. The zero-order chi connectivity index (χ0) is 22.0. The van der Waals surface area contributed by atoms with Crippen LogP contribution in [0.2, 0.25) is 0 Å². The highest BCUT2D eigenvalue weighted by Gasteiger charge is 2.19. The number of para-hydroxylation sites is 1. The summed E-state index contributed by atoms with van der Waals surface area (Å²) in [6.07, 6.45) is 3.13. The first-order chi connectivity index (χ1) is 14.9. The zero-order valence-electron chi connectivity index (χ0n) is 18.2. The van der Waals surface area contributed by atoms with Crippen LogP contribution in [-0.2, 0) is 0 Å². The molecule has 0 saturated heterocycles. The van der Waals surface area contributed by atoms with Crippen LogP contribution in [0.4, 0.5) is 11.6 Å². The molecule has 0 aliphatic heterocycles. The van der Waals surface area contributed by atoms with E-state index < -0.39 is 0 Å². The fourth-order valence-electron chi connectivity index (χ4n) is 3.54. The summed E-state index contributed by atoms with van der Waals surface area (Å²) in [6.45, 7) is 8.46. The number of aromatic amines is 1. The summed E-state index contributed by atoms with van der Waals surface area (Å²) in [5, 5.41) is 0.376. The summed E-state index contributed by atoms with van der Waals surface area (Å²) < 4.78 is 5.90. The highest BCUT2D eigenvalue weighted by Crippen LogP contribution is 2.30. The molecule has 0 aliphatic carbocycles. The molecule has 4 rings (SSSR count). The van der Waals surface area contributed by atoms with E-state index >= 15 is 0 Å². The second-order valence-corrected chi connectivity index (χ2v) is 8.05. The minimum Gasteiger partial charge on any atom is -0.455 e. The number of nitrogens with zero attached hydrogens (tertiary/aromatic N) is 3. The van der Waals surface area contributed by atoms with Gasteiger partial charge in [0.15, 0.2) is 5.75 Å². The summed E-state index contributed by atoms with van der Waals surface area (Å²) in [6, 6.07) is 17.7. The summed E-state index contributed by atoms with van der Waals surface area (Å²) in [5.41, 5.74) is 2.44. The van der Waals surface area contributed by atoms with Gasteiger partial charge < -0.3 is 9.64 Å². The molecule has 31 heavy (non-hydrogen) atoms. The summed E-state index contributed by atoms with van der Waals surface area (Å²) >= 11 is 0. The lowest BCUT2D eigenvalue weighted by molar-refractivity contribution is 0.485. The Labute approximate surface area is 181 Å². The number of rotatable bonds is 6. The maximum absolute atomic E-state index is 13.1. The van der Waals surface area contributed by atoms with Gasteiger partial charge in [-0.25, -0.2) is 4.98 Å². The Kier molecular flexibility index (Phi) is 5.71. The minimum absolute atomic E-state index is 0.0854. The average Bonchev–Trinajstić information content (AvgIpc) is 2.74. The van der Waals surface area contributed by atoms with Gasteiger partial charge in [-0.3, -0.25) is 14.8 Å². The van der Waals surface area contributed by atoms with Gasteiger partial charge in [0, 0.05) is 11.7 Å². The van der Waals surface area contributed by atoms with Gasteiger partial charge in [-0.1, -0.05) is 44.2 Å². The summed E-state index contributed by atoms with van der Waals surface area (Å²) in [7, 11) is 0.